The molecule has 1 fully saturated rings. The molecule has 1 aromatic rings. The molecule has 0 atom stereocenters. The van der Waals surface area contributed by atoms with E-state index >= 15 is 0 Å². The first-order chi connectivity index (χ1) is 10.5. The summed E-state index contributed by atoms with van der Waals surface area (Å²) in [5.41, 5.74) is 0. The van der Waals surface area contributed by atoms with Crippen molar-refractivity contribution in [1.82, 2.24) is 9.21 Å². The Kier molecular flexibility index (Phi) is 5.63. The van der Waals surface area contributed by atoms with Crippen molar-refractivity contribution in [3.05, 3.63) is 18.2 Å². The molecule has 0 radical (unpaired) electrons. The number of aliphatic hydroxyl groups excluding tert-OH is 1. The highest BCUT2D eigenvalue weighted by atomic mass is 32.2. The molecule has 8 heteroatoms. The molecule has 124 valence electrons. The van der Waals surface area contributed by atoms with E-state index in [1.807, 2.05) is 4.90 Å². The lowest BCUT2D eigenvalue weighted by Gasteiger charge is -2.33. The highest BCUT2D eigenvalue weighted by Gasteiger charge is 2.29. The van der Waals surface area contributed by atoms with Crippen molar-refractivity contribution in [2.75, 3.05) is 53.6 Å². The van der Waals surface area contributed by atoms with Gasteiger partial charge < -0.3 is 14.6 Å². The topological polar surface area (TPSA) is 79.3 Å². The van der Waals surface area contributed by atoms with Crippen LogP contribution in [0.3, 0.4) is 0 Å². The van der Waals surface area contributed by atoms with E-state index in [4.69, 9.17) is 14.6 Å². The predicted octanol–water partition coefficient (Wildman–Crippen LogP) is 0.00240. The Hall–Kier alpha value is -1.35. The Labute approximate surface area is 131 Å². The minimum absolute atomic E-state index is 0.0857. The van der Waals surface area contributed by atoms with Gasteiger partial charge in [0.15, 0.2) is 11.5 Å². The molecule has 1 aliphatic rings. The fraction of sp³-hybridized carbons (Fsp3) is 0.571. The molecule has 1 N–H and O–H groups in total. The average Bonchev–Trinajstić information content (AvgIpc) is 2.55. The zero-order valence-corrected chi connectivity index (χ0v) is 13.7. The van der Waals surface area contributed by atoms with Crippen LogP contribution in [0.15, 0.2) is 23.1 Å². The van der Waals surface area contributed by atoms with Gasteiger partial charge in [0.25, 0.3) is 0 Å². The normalized spacial score (nSPS) is 17.4. The van der Waals surface area contributed by atoms with Crippen LogP contribution in [-0.2, 0) is 10.0 Å². The van der Waals surface area contributed by atoms with Crippen LogP contribution < -0.4 is 9.47 Å². The Morgan fingerprint density at radius 3 is 2.27 bits per heavy atom. The maximum atomic E-state index is 12.7. The van der Waals surface area contributed by atoms with Crippen LogP contribution in [0.5, 0.6) is 11.5 Å². The summed E-state index contributed by atoms with van der Waals surface area (Å²) in [6, 6.07) is 4.60. The van der Waals surface area contributed by atoms with Crippen molar-refractivity contribution >= 4 is 10.0 Å². The number of hydrogen-bond donors (Lipinski definition) is 1. The quantitative estimate of drug-likeness (QED) is 0.791. The van der Waals surface area contributed by atoms with Crippen LogP contribution in [0.1, 0.15) is 0 Å². The summed E-state index contributed by atoms with van der Waals surface area (Å²) in [6.07, 6.45) is 0. The average molecular weight is 330 g/mol. The van der Waals surface area contributed by atoms with E-state index in [2.05, 4.69) is 0 Å². The maximum absolute atomic E-state index is 12.7. The van der Waals surface area contributed by atoms with Crippen LogP contribution in [0.2, 0.25) is 0 Å². The van der Waals surface area contributed by atoms with Crippen LogP contribution in [0.25, 0.3) is 0 Å². The van der Waals surface area contributed by atoms with E-state index in [-0.39, 0.29) is 11.5 Å². The second kappa shape index (κ2) is 7.28. The molecule has 1 heterocycles. The third-order valence-corrected chi connectivity index (χ3v) is 5.63. The lowest BCUT2D eigenvalue weighted by molar-refractivity contribution is 0.151. The van der Waals surface area contributed by atoms with Crippen molar-refractivity contribution in [3.63, 3.8) is 0 Å². The first kappa shape index (κ1) is 17.0. The van der Waals surface area contributed by atoms with Crippen molar-refractivity contribution in [3.8, 4) is 11.5 Å². The predicted molar refractivity (Wildman–Crippen MR) is 81.8 cm³/mol. The SMILES string of the molecule is COc1ccc(S(=O)(=O)N2CCN(CCO)CC2)cc1OC. The number of aliphatic hydroxyl groups is 1. The van der Waals surface area contributed by atoms with Gasteiger partial charge in [-0.25, -0.2) is 8.42 Å². The van der Waals surface area contributed by atoms with Gasteiger partial charge in [0, 0.05) is 38.8 Å². The van der Waals surface area contributed by atoms with Gasteiger partial charge in [-0.05, 0) is 12.1 Å². The molecule has 1 saturated heterocycles. The van der Waals surface area contributed by atoms with Gasteiger partial charge in [-0.15, -0.1) is 0 Å². The molecule has 0 unspecified atom stereocenters. The van der Waals surface area contributed by atoms with Crippen molar-refractivity contribution in [1.29, 1.82) is 0 Å². The minimum atomic E-state index is -3.55. The number of β-amino-alcohol motifs (C(OH)–C–C–N with tert-alkyl or cyclic N) is 1. The van der Waals surface area contributed by atoms with E-state index in [1.165, 1.54) is 30.7 Å². The van der Waals surface area contributed by atoms with Crippen LogP contribution >= 0.6 is 0 Å². The van der Waals surface area contributed by atoms with E-state index in [0.29, 0.717) is 44.2 Å². The molecule has 22 heavy (non-hydrogen) atoms. The molecule has 0 saturated carbocycles. The van der Waals surface area contributed by atoms with Crippen LogP contribution in [-0.4, -0.2) is 76.3 Å². The standard InChI is InChI=1S/C14H22N2O5S/c1-20-13-4-3-12(11-14(13)21-2)22(18,19)16-7-5-15(6-8-16)9-10-17/h3-4,11,17H,5-10H2,1-2H3. The fourth-order valence-corrected chi connectivity index (χ4v) is 3.90. The summed E-state index contributed by atoms with van der Waals surface area (Å²) in [6.45, 7) is 2.72. The molecule has 0 bridgehead atoms. The zero-order chi connectivity index (χ0) is 16.2. The van der Waals surface area contributed by atoms with Crippen LogP contribution in [0.4, 0.5) is 0 Å². The summed E-state index contributed by atoms with van der Waals surface area (Å²) >= 11 is 0. The van der Waals surface area contributed by atoms with Crippen LogP contribution in [0, 0.1) is 0 Å². The Morgan fingerprint density at radius 2 is 1.73 bits per heavy atom. The molecule has 0 spiro atoms. The summed E-state index contributed by atoms with van der Waals surface area (Å²) in [5.74, 6) is 0.886. The lowest BCUT2D eigenvalue weighted by atomic mass is 10.3. The van der Waals surface area contributed by atoms with Gasteiger partial charge in [0.1, 0.15) is 0 Å². The zero-order valence-electron chi connectivity index (χ0n) is 12.9. The van der Waals surface area contributed by atoms with Gasteiger partial charge in [0.2, 0.25) is 10.0 Å². The number of benzene rings is 1. The molecular formula is C14H22N2O5S. The van der Waals surface area contributed by atoms with Crippen molar-refractivity contribution in [2.24, 2.45) is 0 Å². The molecule has 7 nitrogen and oxygen atoms in total. The van der Waals surface area contributed by atoms with Gasteiger partial charge in [-0.2, -0.15) is 4.31 Å². The molecule has 1 aromatic carbocycles. The molecule has 0 amide bonds. The minimum Gasteiger partial charge on any atom is -0.493 e. The summed E-state index contributed by atoms with van der Waals surface area (Å²) in [7, 11) is -0.569. The Bertz CT molecular complexity index is 597. The number of piperazine rings is 1. The number of sulfonamides is 1. The molecule has 0 aromatic heterocycles. The number of methoxy groups -OCH3 is 2. The molecular weight excluding hydrogens is 308 g/mol. The maximum Gasteiger partial charge on any atom is 0.243 e. The second-order valence-electron chi connectivity index (χ2n) is 4.99. The third kappa shape index (κ3) is 3.52. The highest BCUT2D eigenvalue weighted by Crippen LogP contribution is 2.30. The van der Waals surface area contributed by atoms with Crippen molar-refractivity contribution in [2.45, 2.75) is 4.90 Å². The van der Waals surface area contributed by atoms with Gasteiger partial charge in [-0.1, -0.05) is 0 Å². The lowest BCUT2D eigenvalue weighted by Crippen LogP contribution is -2.49. The summed E-state index contributed by atoms with van der Waals surface area (Å²) < 4.78 is 37.1. The van der Waals surface area contributed by atoms with Gasteiger partial charge in [-0.3, -0.25) is 4.90 Å². The second-order valence-corrected chi connectivity index (χ2v) is 6.92. The van der Waals surface area contributed by atoms with E-state index < -0.39 is 10.0 Å². The van der Waals surface area contributed by atoms with Gasteiger partial charge in [0.05, 0.1) is 25.7 Å². The highest BCUT2D eigenvalue weighted by molar-refractivity contribution is 7.89. The number of hydrogen-bond acceptors (Lipinski definition) is 6. The third-order valence-electron chi connectivity index (χ3n) is 3.74. The number of rotatable bonds is 6. The monoisotopic (exact) mass is 330 g/mol. The largest absolute Gasteiger partial charge is 0.493 e. The first-order valence-electron chi connectivity index (χ1n) is 7.08. The van der Waals surface area contributed by atoms with Gasteiger partial charge >= 0.3 is 0 Å². The summed E-state index contributed by atoms with van der Waals surface area (Å²) in [4.78, 5) is 2.24. The Balaban J connectivity index is 2.17. The number of ether oxygens (including phenoxy) is 2. The van der Waals surface area contributed by atoms with E-state index in [0.717, 1.165) is 0 Å². The fourth-order valence-electron chi connectivity index (χ4n) is 2.46. The number of nitrogens with zero attached hydrogens (tertiary/aromatic N) is 2. The Morgan fingerprint density at radius 1 is 1.09 bits per heavy atom. The first-order valence-corrected chi connectivity index (χ1v) is 8.52. The van der Waals surface area contributed by atoms with Crippen molar-refractivity contribution < 1.29 is 23.0 Å². The smallest absolute Gasteiger partial charge is 0.243 e. The van der Waals surface area contributed by atoms with E-state index in [1.54, 1.807) is 6.07 Å². The molecule has 0 aliphatic carbocycles. The summed E-state index contributed by atoms with van der Waals surface area (Å²) in [5, 5.41) is 8.93. The van der Waals surface area contributed by atoms with E-state index in [9.17, 15) is 8.42 Å². The molecule has 1 aliphatic heterocycles. The molecule has 2 rings (SSSR count).